The fraction of sp³-hybridized carbons (Fsp3) is 0.667. The summed E-state index contributed by atoms with van der Waals surface area (Å²) in [6.07, 6.45) is 5.63. The first-order valence-corrected chi connectivity index (χ1v) is 7.18. The summed E-state index contributed by atoms with van der Waals surface area (Å²) in [5.41, 5.74) is 0. The zero-order valence-corrected chi connectivity index (χ0v) is 11.4. The van der Waals surface area contributed by atoms with Crippen LogP contribution in [0.1, 0.15) is 32.6 Å². The Bertz CT molecular complexity index is 481. The molecule has 1 aliphatic carbocycles. The van der Waals surface area contributed by atoms with Crippen molar-refractivity contribution >= 4 is 17.7 Å². The van der Waals surface area contributed by atoms with Crippen molar-refractivity contribution in [3.05, 3.63) is 12.2 Å². The van der Waals surface area contributed by atoms with Crippen LogP contribution in [-0.4, -0.2) is 29.9 Å². The summed E-state index contributed by atoms with van der Waals surface area (Å²) < 4.78 is 10.6. The standard InChI is InChI=1S/C15H18O5/c1-8-4-2-3-5-9-10(16)6-7-11-12(9)13(14(17)19-8)15(18)20-11/h3,5,8-9,11-13H,2,4,6-7H2,1H3/b5-3-/t8-,9-,11-,12+,13?/m0/s1. The van der Waals surface area contributed by atoms with Gasteiger partial charge in [-0.1, -0.05) is 12.2 Å². The number of carbonyl (C=O) groups excluding carboxylic acids is 3. The second kappa shape index (κ2) is 5.04. The van der Waals surface area contributed by atoms with Gasteiger partial charge in [0.2, 0.25) is 0 Å². The molecule has 0 radical (unpaired) electrons. The molecular formula is C15H18O5. The lowest BCUT2D eigenvalue weighted by Gasteiger charge is -2.31. The van der Waals surface area contributed by atoms with E-state index in [1.807, 2.05) is 19.1 Å². The van der Waals surface area contributed by atoms with Gasteiger partial charge in [-0.05, 0) is 26.2 Å². The molecule has 3 rings (SSSR count). The summed E-state index contributed by atoms with van der Waals surface area (Å²) in [6, 6.07) is 0. The molecule has 0 amide bonds. The van der Waals surface area contributed by atoms with Crippen molar-refractivity contribution in [1.29, 1.82) is 0 Å². The highest BCUT2D eigenvalue weighted by Gasteiger charge is 2.55. The predicted molar refractivity (Wildman–Crippen MR) is 68.5 cm³/mol. The number of ether oxygens (including phenoxy) is 2. The second-order valence-electron chi connectivity index (χ2n) is 5.81. The Hall–Kier alpha value is -1.65. The Balaban J connectivity index is 1.98. The van der Waals surface area contributed by atoms with Crippen LogP contribution in [0.4, 0.5) is 0 Å². The molecule has 108 valence electrons. The van der Waals surface area contributed by atoms with Crippen LogP contribution < -0.4 is 0 Å². The molecule has 2 aliphatic heterocycles. The Morgan fingerprint density at radius 1 is 1.10 bits per heavy atom. The molecule has 0 spiro atoms. The molecular weight excluding hydrogens is 260 g/mol. The quantitative estimate of drug-likeness (QED) is 0.380. The third-order valence-electron chi connectivity index (χ3n) is 4.45. The lowest BCUT2D eigenvalue weighted by atomic mass is 9.71. The van der Waals surface area contributed by atoms with Gasteiger partial charge in [0, 0.05) is 18.3 Å². The zero-order valence-electron chi connectivity index (χ0n) is 11.4. The van der Waals surface area contributed by atoms with Gasteiger partial charge < -0.3 is 9.47 Å². The number of esters is 2. The molecule has 5 nitrogen and oxygen atoms in total. The molecule has 5 heteroatoms. The number of Topliss-reactive ketones (excluding diaryl/α,β-unsaturated/α-hetero) is 1. The molecule has 0 N–H and O–H groups in total. The molecule has 2 fully saturated rings. The van der Waals surface area contributed by atoms with E-state index in [-0.39, 0.29) is 18.0 Å². The van der Waals surface area contributed by atoms with Gasteiger partial charge in [-0.25, -0.2) is 0 Å². The highest BCUT2D eigenvalue weighted by molar-refractivity contribution is 5.98. The molecule has 0 aromatic carbocycles. The summed E-state index contributed by atoms with van der Waals surface area (Å²) in [6.45, 7) is 1.81. The van der Waals surface area contributed by atoms with Gasteiger partial charge in [0.15, 0.2) is 5.92 Å². The maximum absolute atomic E-state index is 12.2. The van der Waals surface area contributed by atoms with Crippen molar-refractivity contribution in [3.63, 3.8) is 0 Å². The van der Waals surface area contributed by atoms with Gasteiger partial charge in [0.05, 0.1) is 6.10 Å². The molecule has 20 heavy (non-hydrogen) atoms. The van der Waals surface area contributed by atoms with Crippen molar-refractivity contribution in [3.8, 4) is 0 Å². The van der Waals surface area contributed by atoms with E-state index in [0.717, 1.165) is 6.42 Å². The van der Waals surface area contributed by atoms with Crippen LogP contribution in [0.25, 0.3) is 0 Å². The number of ketones is 1. The van der Waals surface area contributed by atoms with Crippen LogP contribution in [0.2, 0.25) is 0 Å². The van der Waals surface area contributed by atoms with E-state index in [1.165, 1.54) is 0 Å². The first-order valence-electron chi connectivity index (χ1n) is 7.18. The van der Waals surface area contributed by atoms with Gasteiger partial charge in [0.25, 0.3) is 0 Å². The molecule has 0 bridgehead atoms. The van der Waals surface area contributed by atoms with Crippen LogP contribution in [0.15, 0.2) is 12.2 Å². The van der Waals surface area contributed by atoms with Crippen LogP contribution in [-0.2, 0) is 23.9 Å². The van der Waals surface area contributed by atoms with Gasteiger partial charge in [-0.2, -0.15) is 0 Å². The average Bonchev–Trinajstić information content (AvgIpc) is 2.72. The van der Waals surface area contributed by atoms with E-state index < -0.39 is 29.7 Å². The van der Waals surface area contributed by atoms with Gasteiger partial charge >= 0.3 is 11.9 Å². The van der Waals surface area contributed by atoms with E-state index in [9.17, 15) is 14.4 Å². The molecule has 0 aromatic heterocycles. The fourth-order valence-corrected chi connectivity index (χ4v) is 3.42. The van der Waals surface area contributed by atoms with Crippen molar-refractivity contribution in [2.75, 3.05) is 0 Å². The Kier molecular flexibility index (Phi) is 3.36. The summed E-state index contributed by atoms with van der Waals surface area (Å²) in [7, 11) is 0. The highest BCUT2D eigenvalue weighted by atomic mass is 16.6. The second-order valence-corrected chi connectivity index (χ2v) is 5.81. The van der Waals surface area contributed by atoms with Crippen LogP contribution in [0, 0.1) is 17.8 Å². The van der Waals surface area contributed by atoms with Crippen molar-refractivity contribution in [2.45, 2.75) is 44.8 Å². The van der Waals surface area contributed by atoms with Gasteiger partial charge in [-0.3, -0.25) is 14.4 Å². The van der Waals surface area contributed by atoms with Gasteiger partial charge in [0.1, 0.15) is 11.9 Å². The molecule has 2 heterocycles. The minimum absolute atomic E-state index is 0.0900. The smallest absolute Gasteiger partial charge is 0.321 e. The average molecular weight is 278 g/mol. The number of carbonyl (C=O) groups is 3. The van der Waals surface area contributed by atoms with E-state index >= 15 is 0 Å². The molecule has 0 aromatic rings. The Labute approximate surface area is 117 Å². The number of hydrogen-bond donors (Lipinski definition) is 0. The summed E-state index contributed by atoms with van der Waals surface area (Å²) in [4.78, 5) is 36.3. The van der Waals surface area contributed by atoms with Gasteiger partial charge in [-0.15, -0.1) is 0 Å². The van der Waals surface area contributed by atoms with Crippen LogP contribution >= 0.6 is 0 Å². The maximum atomic E-state index is 12.2. The number of hydrogen-bond acceptors (Lipinski definition) is 5. The summed E-state index contributed by atoms with van der Waals surface area (Å²) in [5, 5.41) is 0. The van der Waals surface area contributed by atoms with E-state index in [1.54, 1.807) is 0 Å². The Morgan fingerprint density at radius 3 is 2.65 bits per heavy atom. The molecule has 5 atom stereocenters. The first-order chi connectivity index (χ1) is 9.58. The zero-order chi connectivity index (χ0) is 14.3. The number of rotatable bonds is 0. The molecule has 1 saturated heterocycles. The monoisotopic (exact) mass is 278 g/mol. The Morgan fingerprint density at radius 2 is 1.85 bits per heavy atom. The molecule has 1 unspecified atom stereocenters. The maximum Gasteiger partial charge on any atom is 0.321 e. The molecule has 3 aliphatic rings. The normalized spacial score (nSPS) is 42.5. The minimum atomic E-state index is -0.945. The third kappa shape index (κ3) is 2.15. The number of allylic oxidation sites excluding steroid dienone is 2. The van der Waals surface area contributed by atoms with E-state index in [4.69, 9.17) is 9.47 Å². The highest BCUT2D eigenvalue weighted by Crippen LogP contribution is 2.42. The van der Waals surface area contributed by atoms with E-state index in [0.29, 0.717) is 19.3 Å². The van der Waals surface area contributed by atoms with Crippen molar-refractivity contribution < 1.29 is 23.9 Å². The lowest BCUT2D eigenvalue weighted by molar-refractivity contribution is -0.160. The van der Waals surface area contributed by atoms with Crippen molar-refractivity contribution in [1.82, 2.24) is 0 Å². The predicted octanol–water partition coefficient (Wildman–Crippen LogP) is 1.40. The van der Waals surface area contributed by atoms with Crippen LogP contribution in [0.5, 0.6) is 0 Å². The minimum Gasteiger partial charge on any atom is -0.462 e. The van der Waals surface area contributed by atoms with Crippen LogP contribution in [0.3, 0.4) is 0 Å². The summed E-state index contributed by atoms with van der Waals surface area (Å²) >= 11 is 0. The van der Waals surface area contributed by atoms with Crippen molar-refractivity contribution in [2.24, 2.45) is 17.8 Å². The first kappa shape index (κ1) is 13.3. The lowest BCUT2D eigenvalue weighted by Crippen LogP contribution is -2.41. The topological polar surface area (TPSA) is 69.7 Å². The number of cyclic esters (lactones) is 1. The van der Waals surface area contributed by atoms with E-state index in [2.05, 4.69) is 0 Å². The molecule has 1 saturated carbocycles. The fourth-order valence-electron chi connectivity index (χ4n) is 3.42. The third-order valence-corrected chi connectivity index (χ3v) is 4.45. The SMILES string of the molecule is C[C@H]1CC/C=C\[C@H]2C(=O)CC[C@@H]3OC(=O)C(C(=O)O1)[C@@H]32. The largest absolute Gasteiger partial charge is 0.462 e. The summed E-state index contributed by atoms with van der Waals surface area (Å²) in [5.74, 6) is -2.72.